The number of carbonyl (C=O) groups is 1. The summed E-state index contributed by atoms with van der Waals surface area (Å²) in [6.45, 7) is 7.14. The average molecular weight is 419 g/mol. The lowest BCUT2D eigenvalue weighted by molar-refractivity contribution is -0.134. The zero-order valence-electron chi connectivity index (χ0n) is 18.3. The molecule has 6 heteroatoms. The van der Waals surface area contributed by atoms with E-state index in [1.165, 1.54) is 11.1 Å². The third-order valence-electron chi connectivity index (χ3n) is 6.05. The number of aryl methyl sites for hydroxylation is 1. The summed E-state index contributed by atoms with van der Waals surface area (Å²) in [5.41, 5.74) is 3.73. The number of carbonyl (C=O) groups excluding carboxylic acids is 1. The molecule has 1 aromatic carbocycles. The predicted octanol–water partition coefficient (Wildman–Crippen LogP) is 4.01. The van der Waals surface area contributed by atoms with Crippen LogP contribution in [-0.2, 0) is 17.8 Å². The lowest BCUT2D eigenvalue weighted by atomic mass is 9.75. The molecule has 1 N–H and O–H groups in total. The van der Waals surface area contributed by atoms with Crippen LogP contribution in [0.1, 0.15) is 36.7 Å². The Bertz CT molecular complexity index is 1000. The van der Waals surface area contributed by atoms with Crippen molar-refractivity contribution >= 4 is 5.91 Å². The van der Waals surface area contributed by atoms with E-state index in [2.05, 4.69) is 39.4 Å². The zero-order valence-corrected chi connectivity index (χ0v) is 18.3. The number of pyridine rings is 1. The highest BCUT2D eigenvalue weighted by Crippen LogP contribution is 2.36. The molecule has 6 nitrogen and oxygen atoms in total. The van der Waals surface area contributed by atoms with Gasteiger partial charge in [0.25, 0.3) is 0 Å². The Hall–Kier alpha value is -2.99. The van der Waals surface area contributed by atoms with E-state index < -0.39 is 5.41 Å². The summed E-state index contributed by atoms with van der Waals surface area (Å²) < 4.78 is 5.70. The van der Waals surface area contributed by atoms with Gasteiger partial charge in [-0.1, -0.05) is 35.0 Å². The number of benzene rings is 1. The Balaban J connectivity index is 1.55. The van der Waals surface area contributed by atoms with Crippen molar-refractivity contribution in [3.05, 3.63) is 71.7 Å². The SMILES string of the molecule is CCNC(=O)[C@]1(Cc2cc(-c3ccc(C)cc3)no2)CCCN(Cc2ccncc2)C1. The summed E-state index contributed by atoms with van der Waals surface area (Å²) in [5.74, 6) is 0.857. The molecule has 3 aromatic rings. The van der Waals surface area contributed by atoms with Gasteiger partial charge in [-0.15, -0.1) is 0 Å². The number of piperidine rings is 1. The first-order valence-corrected chi connectivity index (χ1v) is 11.0. The molecule has 31 heavy (non-hydrogen) atoms. The minimum absolute atomic E-state index is 0.0997. The number of aromatic nitrogens is 2. The average Bonchev–Trinajstić information content (AvgIpc) is 3.23. The van der Waals surface area contributed by atoms with Crippen LogP contribution >= 0.6 is 0 Å². The van der Waals surface area contributed by atoms with Crippen molar-refractivity contribution in [2.45, 2.75) is 39.7 Å². The van der Waals surface area contributed by atoms with Crippen LogP contribution in [0.5, 0.6) is 0 Å². The Labute approximate surface area is 183 Å². The maximum Gasteiger partial charge on any atom is 0.227 e. The van der Waals surface area contributed by atoms with Crippen LogP contribution in [0, 0.1) is 12.3 Å². The van der Waals surface area contributed by atoms with Crippen LogP contribution in [0.25, 0.3) is 11.3 Å². The fraction of sp³-hybridized carbons (Fsp3) is 0.400. The minimum Gasteiger partial charge on any atom is -0.361 e. The van der Waals surface area contributed by atoms with Gasteiger partial charge in [0.15, 0.2) is 0 Å². The topological polar surface area (TPSA) is 71.3 Å². The van der Waals surface area contributed by atoms with Gasteiger partial charge in [0.2, 0.25) is 5.91 Å². The summed E-state index contributed by atoms with van der Waals surface area (Å²) in [6.07, 6.45) is 5.99. The number of amides is 1. The first-order valence-electron chi connectivity index (χ1n) is 11.0. The predicted molar refractivity (Wildman–Crippen MR) is 120 cm³/mol. The molecule has 1 aliphatic rings. The van der Waals surface area contributed by atoms with Gasteiger partial charge >= 0.3 is 0 Å². The third-order valence-corrected chi connectivity index (χ3v) is 6.05. The Morgan fingerprint density at radius 3 is 2.71 bits per heavy atom. The molecular weight excluding hydrogens is 388 g/mol. The van der Waals surface area contributed by atoms with Crippen molar-refractivity contribution in [3.63, 3.8) is 0 Å². The molecule has 0 spiro atoms. The maximum absolute atomic E-state index is 13.2. The normalized spacial score (nSPS) is 19.3. The monoisotopic (exact) mass is 418 g/mol. The summed E-state index contributed by atoms with van der Waals surface area (Å²) >= 11 is 0. The van der Waals surface area contributed by atoms with E-state index >= 15 is 0 Å². The van der Waals surface area contributed by atoms with Crippen molar-refractivity contribution in [1.29, 1.82) is 0 Å². The highest BCUT2D eigenvalue weighted by molar-refractivity contribution is 5.83. The quantitative estimate of drug-likeness (QED) is 0.628. The molecule has 4 rings (SSSR count). The molecule has 1 fully saturated rings. The molecule has 1 saturated heterocycles. The summed E-state index contributed by atoms with van der Waals surface area (Å²) in [4.78, 5) is 19.7. The fourth-order valence-electron chi connectivity index (χ4n) is 4.46. The molecule has 0 bridgehead atoms. The van der Waals surface area contributed by atoms with Crippen LogP contribution in [0.15, 0.2) is 59.4 Å². The van der Waals surface area contributed by atoms with Crippen LogP contribution in [0.3, 0.4) is 0 Å². The molecule has 1 aliphatic heterocycles. The molecule has 0 aliphatic carbocycles. The van der Waals surface area contributed by atoms with Crippen LogP contribution in [0.2, 0.25) is 0 Å². The van der Waals surface area contributed by atoms with Crippen LogP contribution < -0.4 is 5.32 Å². The maximum atomic E-state index is 13.2. The smallest absolute Gasteiger partial charge is 0.227 e. The number of likely N-dealkylation sites (tertiary alicyclic amines) is 1. The van der Waals surface area contributed by atoms with Gasteiger partial charge in [-0.05, 0) is 50.9 Å². The van der Waals surface area contributed by atoms with E-state index in [0.29, 0.717) is 19.5 Å². The summed E-state index contributed by atoms with van der Waals surface area (Å²) in [6, 6.07) is 14.3. The van der Waals surface area contributed by atoms with E-state index in [4.69, 9.17) is 4.52 Å². The zero-order chi connectivity index (χ0) is 21.7. The second-order valence-electron chi connectivity index (χ2n) is 8.53. The fourth-order valence-corrected chi connectivity index (χ4v) is 4.46. The van der Waals surface area contributed by atoms with Gasteiger partial charge in [-0.25, -0.2) is 0 Å². The Kier molecular flexibility index (Phi) is 6.47. The molecule has 0 saturated carbocycles. The molecular formula is C25H30N4O2. The Morgan fingerprint density at radius 1 is 1.19 bits per heavy atom. The Morgan fingerprint density at radius 2 is 1.97 bits per heavy atom. The van der Waals surface area contributed by atoms with Crippen molar-refractivity contribution in [1.82, 2.24) is 20.4 Å². The minimum atomic E-state index is -0.522. The first-order chi connectivity index (χ1) is 15.1. The van der Waals surface area contributed by atoms with E-state index in [1.807, 2.05) is 49.6 Å². The van der Waals surface area contributed by atoms with Crippen molar-refractivity contribution in [2.24, 2.45) is 5.41 Å². The van der Waals surface area contributed by atoms with Gasteiger partial charge in [-0.2, -0.15) is 0 Å². The van der Waals surface area contributed by atoms with E-state index in [-0.39, 0.29) is 5.91 Å². The second kappa shape index (κ2) is 9.43. The second-order valence-corrected chi connectivity index (χ2v) is 8.53. The highest BCUT2D eigenvalue weighted by Gasteiger charge is 2.43. The van der Waals surface area contributed by atoms with Crippen molar-refractivity contribution in [2.75, 3.05) is 19.6 Å². The molecule has 1 atom stereocenters. The molecule has 1 amide bonds. The standard InChI is InChI=1S/C25H30N4O2/c1-3-27-24(30)25(11-4-14-29(18-25)17-20-9-12-26-13-10-20)16-22-15-23(28-31-22)21-7-5-19(2)6-8-21/h5-10,12-13,15H,3-4,11,14,16-18H2,1-2H3,(H,27,30)/t25-/m0/s1. The van der Waals surface area contributed by atoms with Gasteiger partial charge in [0.05, 0.1) is 5.41 Å². The molecule has 0 unspecified atom stereocenters. The van der Waals surface area contributed by atoms with Gasteiger partial charge in [0, 0.05) is 50.1 Å². The van der Waals surface area contributed by atoms with Crippen LogP contribution in [0.4, 0.5) is 0 Å². The number of hydrogen-bond donors (Lipinski definition) is 1. The largest absolute Gasteiger partial charge is 0.361 e. The number of hydrogen-bond acceptors (Lipinski definition) is 5. The number of nitrogens with one attached hydrogen (secondary N) is 1. The van der Waals surface area contributed by atoms with Crippen molar-refractivity contribution < 1.29 is 9.32 Å². The lowest BCUT2D eigenvalue weighted by Crippen LogP contribution is -2.52. The summed E-state index contributed by atoms with van der Waals surface area (Å²) in [5, 5.41) is 7.35. The van der Waals surface area contributed by atoms with Crippen LogP contribution in [-0.4, -0.2) is 40.6 Å². The third kappa shape index (κ3) is 5.02. The van der Waals surface area contributed by atoms with E-state index in [9.17, 15) is 4.79 Å². The van der Waals surface area contributed by atoms with E-state index in [0.717, 1.165) is 42.9 Å². The van der Waals surface area contributed by atoms with E-state index in [1.54, 1.807) is 0 Å². The van der Waals surface area contributed by atoms with Gasteiger partial charge in [-0.3, -0.25) is 14.7 Å². The number of rotatable bonds is 7. The molecule has 3 heterocycles. The first kappa shape index (κ1) is 21.2. The van der Waals surface area contributed by atoms with Gasteiger partial charge < -0.3 is 9.84 Å². The van der Waals surface area contributed by atoms with Crippen molar-refractivity contribution in [3.8, 4) is 11.3 Å². The lowest BCUT2D eigenvalue weighted by Gasteiger charge is -2.41. The summed E-state index contributed by atoms with van der Waals surface area (Å²) in [7, 11) is 0. The highest BCUT2D eigenvalue weighted by atomic mass is 16.5. The molecule has 162 valence electrons. The molecule has 0 radical (unpaired) electrons. The molecule has 2 aromatic heterocycles. The number of nitrogens with zero attached hydrogens (tertiary/aromatic N) is 3. The van der Waals surface area contributed by atoms with Gasteiger partial charge in [0.1, 0.15) is 11.5 Å².